The molecular weight excluding hydrogens is 300 g/mol. The minimum Gasteiger partial charge on any atom is -0.496 e. The van der Waals surface area contributed by atoms with E-state index in [1.807, 2.05) is 36.4 Å². The van der Waals surface area contributed by atoms with Crippen LogP contribution in [-0.4, -0.2) is 31.5 Å². The van der Waals surface area contributed by atoms with E-state index in [0.29, 0.717) is 12.5 Å². The van der Waals surface area contributed by atoms with Crippen molar-refractivity contribution in [1.82, 2.24) is 4.90 Å². The van der Waals surface area contributed by atoms with Crippen LogP contribution in [0.4, 0.5) is 5.69 Å². The van der Waals surface area contributed by atoms with Gasteiger partial charge in [-0.2, -0.15) is 0 Å². The molecule has 2 aromatic carbocycles. The average molecular weight is 326 g/mol. The largest absolute Gasteiger partial charge is 0.496 e. The zero-order valence-electron chi connectivity index (χ0n) is 14.9. The van der Waals surface area contributed by atoms with Crippen molar-refractivity contribution in [2.24, 2.45) is 0 Å². The van der Waals surface area contributed by atoms with E-state index < -0.39 is 0 Å². The summed E-state index contributed by atoms with van der Waals surface area (Å²) in [6.45, 7) is 5.13. The third-order valence-corrected chi connectivity index (χ3v) is 4.05. The molecule has 0 atom stereocenters. The third kappa shape index (κ3) is 4.75. The van der Waals surface area contributed by atoms with Crippen molar-refractivity contribution in [2.75, 3.05) is 26.0 Å². The number of carbonyl (C=O) groups excluding carboxylic acids is 1. The summed E-state index contributed by atoms with van der Waals surface area (Å²) >= 11 is 0. The van der Waals surface area contributed by atoms with E-state index >= 15 is 0 Å². The number of nitrogens with one attached hydrogen (secondary N) is 1. The Kier molecular flexibility index (Phi) is 6.24. The molecule has 0 aliphatic heterocycles. The van der Waals surface area contributed by atoms with Gasteiger partial charge in [0.25, 0.3) is 0 Å². The Balaban J connectivity index is 1.89. The molecule has 0 bridgehead atoms. The highest BCUT2D eigenvalue weighted by atomic mass is 16.5. The first kappa shape index (κ1) is 17.9. The summed E-state index contributed by atoms with van der Waals surface area (Å²) in [6, 6.07) is 16.0. The third-order valence-electron chi connectivity index (χ3n) is 4.05. The Morgan fingerprint density at radius 1 is 1.12 bits per heavy atom. The molecule has 0 saturated carbocycles. The maximum absolute atomic E-state index is 12.3. The van der Waals surface area contributed by atoms with E-state index in [1.165, 1.54) is 5.56 Å². The molecule has 0 aromatic heterocycles. The number of likely N-dealkylation sites (N-methyl/N-ethyl adjacent to an activating group) is 1. The number of nitrogens with zero attached hydrogens (tertiary/aromatic N) is 1. The molecule has 0 saturated heterocycles. The Morgan fingerprint density at radius 3 is 2.42 bits per heavy atom. The van der Waals surface area contributed by atoms with Crippen LogP contribution in [0.1, 0.15) is 30.9 Å². The summed E-state index contributed by atoms with van der Waals surface area (Å²) in [5, 5.41) is 3.18. The number of benzene rings is 2. The summed E-state index contributed by atoms with van der Waals surface area (Å²) in [4.78, 5) is 14.0. The molecule has 1 N–H and O–H groups in total. The zero-order valence-corrected chi connectivity index (χ0v) is 14.9. The van der Waals surface area contributed by atoms with Crippen LogP contribution in [0, 0.1) is 0 Å². The summed E-state index contributed by atoms with van der Waals surface area (Å²) < 4.78 is 5.33. The van der Waals surface area contributed by atoms with Gasteiger partial charge >= 0.3 is 0 Å². The van der Waals surface area contributed by atoms with E-state index in [2.05, 4.69) is 31.3 Å². The second-order valence-corrected chi connectivity index (χ2v) is 6.19. The van der Waals surface area contributed by atoms with Crippen molar-refractivity contribution in [3.63, 3.8) is 0 Å². The average Bonchev–Trinajstić information content (AvgIpc) is 2.60. The number of carbonyl (C=O) groups is 1. The molecule has 4 heteroatoms. The lowest BCUT2D eigenvalue weighted by Gasteiger charge is -2.19. The minimum absolute atomic E-state index is 0.0360. The van der Waals surface area contributed by atoms with E-state index in [4.69, 9.17) is 4.74 Å². The van der Waals surface area contributed by atoms with Crippen LogP contribution in [0.2, 0.25) is 0 Å². The van der Waals surface area contributed by atoms with Gasteiger partial charge in [0.05, 0.1) is 13.7 Å². The fourth-order valence-electron chi connectivity index (χ4n) is 2.48. The Bertz CT molecular complexity index is 666. The molecule has 24 heavy (non-hydrogen) atoms. The number of methoxy groups -OCH3 is 1. The molecule has 0 aliphatic rings. The monoisotopic (exact) mass is 326 g/mol. The first-order valence-electron chi connectivity index (χ1n) is 8.21. The van der Waals surface area contributed by atoms with E-state index in [9.17, 15) is 4.79 Å². The lowest BCUT2D eigenvalue weighted by Crippen LogP contribution is -2.31. The lowest BCUT2D eigenvalue weighted by molar-refractivity contribution is -0.128. The molecule has 0 spiro atoms. The highest BCUT2D eigenvalue weighted by molar-refractivity contribution is 5.80. The fourth-order valence-corrected chi connectivity index (χ4v) is 2.48. The summed E-state index contributed by atoms with van der Waals surface area (Å²) in [5.74, 6) is 1.34. The SMILES string of the molecule is COc1ccccc1CN(C)C(=O)CNc1ccc(C(C)C)cc1. The highest BCUT2D eigenvalue weighted by Crippen LogP contribution is 2.19. The topological polar surface area (TPSA) is 41.6 Å². The molecule has 0 unspecified atom stereocenters. The molecular formula is C20H26N2O2. The van der Waals surface area contributed by atoms with Crippen LogP contribution in [-0.2, 0) is 11.3 Å². The van der Waals surface area contributed by atoms with Gasteiger partial charge < -0.3 is 15.0 Å². The smallest absolute Gasteiger partial charge is 0.241 e. The van der Waals surface area contributed by atoms with Crippen molar-refractivity contribution in [1.29, 1.82) is 0 Å². The van der Waals surface area contributed by atoms with Crippen molar-refractivity contribution < 1.29 is 9.53 Å². The van der Waals surface area contributed by atoms with Gasteiger partial charge in [-0.15, -0.1) is 0 Å². The first-order valence-corrected chi connectivity index (χ1v) is 8.21. The predicted octanol–water partition coefficient (Wildman–Crippen LogP) is 3.89. The number of para-hydroxylation sites is 1. The molecule has 128 valence electrons. The number of hydrogen-bond donors (Lipinski definition) is 1. The normalized spacial score (nSPS) is 10.5. The van der Waals surface area contributed by atoms with Gasteiger partial charge in [0.1, 0.15) is 5.75 Å². The van der Waals surface area contributed by atoms with Crippen LogP contribution < -0.4 is 10.1 Å². The van der Waals surface area contributed by atoms with Gasteiger partial charge in [0, 0.05) is 24.8 Å². The van der Waals surface area contributed by atoms with Crippen molar-refractivity contribution in [2.45, 2.75) is 26.3 Å². The molecule has 2 aromatic rings. The summed E-state index contributed by atoms with van der Waals surface area (Å²) in [5.41, 5.74) is 3.25. The molecule has 0 fully saturated rings. The molecule has 0 radical (unpaired) electrons. The second kappa shape index (κ2) is 8.39. The Hall–Kier alpha value is -2.49. The number of rotatable bonds is 7. The van der Waals surface area contributed by atoms with Crippen molar-refractivity contribution in [3.05, 3.63) is 59.7 Å². The maximum atomic E-state index is 12.3. The molecule has 0 heterocycles. The van der Waals surface area contributed by atoms with Gasteiger partial charge in [-0.05, 0) is 29.7 Å². The predicted molar refractivity (Wildman–Crippen MR) is 98.5 cm³/mol. The van der Waals surface area contributed by atoms with Gasteiger partial charge in [-0.25, -0.2) is 0 Å². The first-order chi connectivity index (χ1) is 11.5. The van der Waals surface area contributed by atoms with Crippen molar-refractivity contribution in [3.8, 4) is 5.75 Å². The number of anilines is 1. The molecule has 2 rings (SSSR count). The Morgan fingerprint density at radius 2 is 1.79 bits per heavy atom. The quantitative estimate of drug-likeness (QED) is 0.839. The lowest BCUT2D eigenvalue weighted by atomic mass is 10.0. The van der Waals surface area contributed by atoms with E-state index in [-0.39, 0.29) is 12.5 Å². The van der Waals surface area contributed by atoms with E-state index in [1.54, 1.807) is 19.1 Å². The summed E-state index contributed by atoms with van der Waals surface area (Å²) in [7, 11) is 3.45. The molecule has 4 nitrogen and oxygen atoms in total. The molecule has 1 amide bonds. The summed E-state index contributed by atoms with van der Waals surface area (Å²) in [6.07, 6.45) is 0. The standard InChI is InChI=1S/C20H26N2O2/c1-15(2)16-9-11-18(12-10-16)21-13-20(23)22(3)14-17-7-5-6-8-19(17)24-4/h5-12,15,21H,13-14H2,1-4H3. The van der Waals surface area contributed by atoms with Crippen LogP contribution >= 0.6 is 0 Å². The van der Waals surface area contributed by atoms with Crippen LogP contribution in [0.5, 0.6) is 5.75 Å². The second-order valence-electron chi connectivity index (χ2n) is 6.19. The number of amides is 1. The van der Waals surface area contributed by atoms with Gasteiger partial charge in [0.2, 0.25) is 5.91 Å². The van der Waals surface area contributed by atoms with Gasteiger partial charge in [-0.1, -0.05) is 44.2 Å². The van der Waals surface area contributed by atoms with Crippen LogP contribution in [0.25, 0.3) is 0 Å². The zero-order chi connectivity index (χ0) is 17.5. The van der Waals surface area contributed by atoms with Crippen molar-refractivity contribution >= 4 is 11.6 Å². The van der Waals surface area contributed by atoms with Crippen LogP contribution in [0.15, 0.2) is 48.5 Å². The molecule has 0 aliphatic carbocycles. The maximum Gasteiger partial charge on any atom is 0.241 e. The fraction of sp³-hybridized carbons (Fsp3) is 0.350. The van der Waals surface area contributed by atoms with Gasteiger partial charge in [-0.3, -0.25) is 4.79 Å². The van der Waals surface area contributed by atoms with Gasteiger partial charge in [0.15, 0.2) is 0 Å². The highest BCUT2D eigenvalue weighted by Gasteiger charge is 2.11. The minimum atomic E-state index is 0.0360. The number of hydrogen-bond acceptors (Lipinski definition) is 3. The number of ether oxygens (including phenoxy) is 1. The van der Waals surface area contributed by atoms with E-state index in [0.717, 1.165) is 17.0 Å². The Labute approximate surface area is 144 Å². The van der Waals surface area contributed by atoms with Crippen LogP contribution in [0.3, 0.4) is 0 Å².